The number of halogens is 7. The average molecular weight is 572 g/mol. The standard InChI is InChI=1S/C23H23F7N2O5S/c1-2-18(20(33)34)31-12-16-7-3-13-11-14(21(35,22(25,26)27)23(28,29)30)4-10-19(13)32(16)38(36,37)17-8-5-15(24)6-9-17/h4-6,8-11,16,18,31,35H,2-3,7,12H2,1H3,(H,33,34)/t16?,18-/m0/s1. The molecule has 0 aromatic heterocycles. The summed E-state index contributed by atoms with van der Waals surface area (Å²) in [6.45, 7) is 1.35. The topological polar surface area (TPSA) is 107 Å². The maximum absolute atomic E-state index is 13.6. The van der Waals surface area contributed by atoms with E-state index >= 15 is 0 Å². The molecule has 0 amide bonds. The van der Waals surface area contributed by atoms with Gasteiger partial charge in [-0.3, -0.25) is 9.10 Å². The number of aliphatic hydroxyl groups is 1. The van der Waals surface area contributed by atoms with Crippen molar-refractivity contribution in [2.75, 3.05) is 10.8 Å². The number of alkyl halides is 6. The van der Waals surface area contributed by atoms with Crippen molar-refractivity contribution in [3.05, 3.63) is 59.4 Å². The number of aryl methyl sites for hydroxylation is 1. The number of carbonyl (C=O) groups is 1. The summed E-state index contributed by atoms with van der Waals surface area (Å²) >= 11 is 0. The van der Waals surface area contributed by atoms with Crippen LogP contribution in [-0.2, 0) is 26.8 Å². The van der Waals surface area contributed by atoms with E-state index in [1.54, 1.807) is 6.92 Å². The minimum Gasteiger partial charge on any atom is -0.480 e. The Kier molecular flexibility index (Phi) is 8.06. The molecule has 0 fully saturated rings. The molecule has 210 valence electrons. The van der Waals surface area contributed by atoms with Gasteiger partial charge in [0.25, 0.3) is 15.6 Å². The number of sulfonamides is 1. The van der Waals surface area contributed by atoms with Gasteiger partial charge in [-0.05, 0) is 55.2 Å². The van der Waals surface area contributed by atoms with Crippen LogP contribution in [0.5, 0.6) is 0 Å². The van der Waals surface area contributed by atoms with Gasteiger partial charge in [0.2, 0.25) is 0 Å². The summed E-state index contributed by atoms with van der Waals surface area (Å²) in [6.07, 6.45) is -12.4. The molecule has 1 heterocycles. The van der Waals surface area contributed by atoms with Crippen LogP contribution in [0.1, 0.15) is 30.9 Å². The molecule has 3 N–H and O–H groups in total. The van der Waals surface area contributed by atoms with Crippen molar-refractivity contribution >= 4 is 21.7 Å². The Labute approximate surface area is 212 Å². The van der Waals surface area contributed by atoms with Crippen LogP contribution in [0.3, 0.4) is 0 Å². The van der Waals surface area contributed by atoms with Crippen molar-refractivity contribution in [2.24, 2.45) is 0 Å². The third-order valence-electron chi connectivity index (χ3n) is 6.31. The van der Waals surface area contributed by atoms with Gasteiger partial charge in [0.1, 0.15) is 11.9 Å². The quantitative estimate of drug-likeness (QED) is 0.412. The maximum atomic E-state index is 13.6. The normalized spacial score (nSPS) is 17.7. The fourth-order valence-electron chi connectivity index (χ4n) is 4.27. The third kappa shape index (κ3) is 5.31. The molecule has 0 spiro atoms. The summed E-state index contributed by atoms with van der Waals surface area (Å²) in [6, 6.07) is 3.08. The van der Waals surface area contributed by atoms with Crippen LogP contribution in [0.15, 0.2) is 47.4 Å². The third-order valence-corrected chi connectivity index (χ3v) is 8.19. The molecule has 0 aliphatic carbocycles. The summed E-state index contributed by atoms with van der Waals surface area (Å²) in [4.78, 5) is 11.0. The maximum Gasteiger partial charge on any atom is 0.430 e. The second-order valence-electron chi connectivity index (χ2n) is 8.70. The highest BCUT2D eigenvalue weighted by Crippen LogP contribution is 2.51. The van der Waals surface area contributed by atoms with E-state index in [4.69, 9.17) is 0 Å². The molecule has 1 unspecified atom stereocenters. The molecule has 2 aromatic carbocycles. The first-order valence-electron chi connectivity index (χ1n) is 11.2. The summed E-state index contributed by atoms with van der Waals surface area (Å²) in [5.41, 5.74) is -7.22. The van der Waals surface area contributed by atoms with E-state index in [0.717, 1.165) is 34.6 Å². The summed E-state index contributed by atoms with van der Waals surface area (Å²) in [7, 11) is -4.55. The van der Waals surface area contributed by atoms with E-state index < -0.39 is 62.3 Å². The zero-order valence-electron chi connectivity index (χ0n) is 19.6. The van der Waals surface area contributed by atoms with Crippen molar-refractivity contribution in [1.82, 2.24) is 5.32 Å². The van der Waals surface area contributed by atoms with Crippen molar-refractivity contribution in [2.45, 2.75) is 61.1 Å². The van der Waals surface area contributed by atoms with Gasteiger partial charge >= 0.3 is 18.3 Å². The Morgan fingerprint density at radius 3 is 2.16 bits per heavy atom. The van der Waals surface area contributed by atoms with Gasteiger partial charge in [0.15, 0.2) is 0 Å². The van der Waals surface area contributed by atoms with Crippen LogP contribution >= 0.6 is 0 Å². The van der Waals surface area contributed by atoms with Crippen LogP contribution in [-0.4, -0.2) is 55.6 Å². The number of nitrogens with zero attached hydrogens (tertiary/aromatic N) is 1. The van der Waals surface area contributed by atoms with Crippen molar-refractivity contribution in [1.29, 1.82) is 0 Å². The lowest BCUT2D eigenvalue weighted by molar-refractivity contribution is -0.376. The number of fused-ring (bicyclic) bond motifs is 1. The van der Waals surface area contributed by atoms with E-state index in [1.165, 1.54) is 0 Å². The van der Waals surface area contributed by atoms with Gasteiger partial charge in [-0.2, -0.15) is 26.3 Å². The molecule has 3 rings (SSSR count). The first-order valence-corrected chi connectivity index (χ1v) is 12.6. The number of carboxylic acids is 1. The highest BCUT2D eigenvalue weighted by molar-refractivity contribution is 7.92. The SMILES string of the molecule is CC[C@H](NCC1CCc2cc(C(O)(C(F)(F)F)C(F)(F)F)ccc2N1S(=O)(=O)c1ccc(F)cc1)C(=O)O. The molecule has 0 saturated heterocycles. The van der Waals surface area contributed by atoms with Crippen molar-refractivity contribution in [3.8, 4) is 0 Å². The van der Waals surface area contributed by atoms with Gasteiger partial charge in [-0.15, -0.1) is 0 Å². The first kappa shape index (κ1) is 29.6. The zero-order chi connectivity index (χ0) is 28.7. The van der Waals surface area contributed by atoms with Gasteiger partial charge in [-0.1, -0.05) is 19.1 Å². The van der Waals surface area contributed by atoms with Crippen LogP contribution in [0.25, 0.3) is 0 Å². The van der Waals surface area contributed by atoms with E-state index in [-0.39, 0.29) is 37.1 Å². The molecule has 0 bridgehead atoms. The van der Waals surface area contributed by atoms with Crippen LogP contribution < -0.4 is 9.62 Å². The number of carboxylic acid groups (broad SMARTS) is 1. The Morgan fingerprint density at radius 1 is 1.08 bits per heavy atom. The van der Waals surface area contributed by atoms with Crippen LogP contribution in [0.4, 0.5) is 36.4 Å². The van der Waals surface area contributed by atoms with Gasteiger partial charge < -0.3 is 15.5 Å². The lowest BCUT2D eigenvalue weighted by atomic mass is 9.88. The van der Waals surface area contributed by atoms with Crippen molar-refractivity contribution < 1.29 is 54.2 Å². The highest BCUT2D eigenvalue weighted by atomic mass is 32.2. The van der Waals surface area contributed by atoms with Crippen LogP contribution in [0.2, 0.25) is 0 Å². The summed E-state index contributed by atoms with van der Waals surface area (Å²) < 4.78 is 122. The predicted molar refractivity (Wildman–Crippen MR) is 120 cm³/mol. The molecule has 0 saturated carbocycles. The molecule has 0 radical (unpaired) electrons. The molecular weight excluding hydrogens is 549 g/mol. The van der Waals surface area contributed by atoms with E-state index in [2.05, 4.69) is 5.32 Å². The Balaban J connectivity index is 2.15. The monoisotopic (exact) mass is 572 g/mol. The number of benzene rings is 2. The molecule has 38 heavy (non-hydrogen) atoms. The molecule has 1 aliphatic heterocycles. The average Bonchev–Trinajstić information content (AvgIpc) is 2.81. The molecule has 1 aliphatic rings. The minimum atomic E-state index is -6.13. The molecule has 2 aromatic rings. The number of rotatable bonds is 8. The summed E-state index contributed by atoms with van der Waals surface area (Å²) in [5.74, 6) is -1.96. The molecular formula is C23H23F7N2O5S. The molecule has 2 atom stereocenters. The number of hydrogen-bond acceptors (Lipinski definition) is 5. The molecule has 15 heteroatoms. The number of hydrogen-bond donors (Lipinski definition) is 3. The minimum absolute atomic E-state index is 0.115. The lowest BCUT2D eigenvalue weighted by Crippen LogP contribution is -2.54. The highest BCUT2D eigenvalue weighted by Gasteiger charge is 2.71. The summed E-state index contributed by atoms with van der Waals surface area (Å²) in [5, 5.41) is 21.8. The predicted octanol–water partition coefficient (Wildman–Crippen LogP) is 4.10. The lowest BCUT2D eigenvalue weighted by Gasteiger charge is -2.39. The van der Waals surface area contributed by atoms with Gasteiger partial charge in [-0.25, -0.2) is 12.8 Å². The van der Waals surface area contributed by atoms with Crippen LogP contribution in [0, 0.1) is 5.82 Å². The second-order valence-corrected chi connectivity index (χ2v) is 10.5. The Hall–Kier alpha value is -2.91. The first-order chi connectivity index (χ1) is 17.4. The smallest absolute Gasteiger partial charge is 0.430 e. The number of aliphatic carboxylic acids is 1. The fourth-order valence-corrected chi connectivity index (χ4v) is 5.98. The number of nitrogens with one attached hydrogen (secondary N) is 1. The molecule has 7 nitrogen and oxygen atoms in total. The fraction of sp³-hybridized carbons (Fsp3) is 0.435. The Morgan fingerprint density at radius 2 is 1.66 bits per heavy atom. The number of anilines is 1. The van der Waals surface area contributed by atoms with Crippen molar-refractivity contribution in [3.63, 3.8) is 0 Å². The van der Waals surface area contributed by atoms with E-state index in [0.29, 0.717) is 12.1 Å². The van der Waals surface area contributed by atoms with Gasteiger partial charge in [0, 0.05) is 12.1 Å². The van der Waals surface area contributed by atoms with E-state index in [9.17, 15) is 54.2 Å². The van der Waals surface area contributed by atoms with E-state index in [1.807, 2.05) is 0 Å². The zero-order valence-corrected chi connectivity index (χ0v) is 20.5. The largest absolute Gasteiger partial charge is 0.480 e. The second kappa shape index (κ2) is 10.3. The Bertz CT molecular complexity index is 1270. The van der Waals surface area contributed by atoms with Gasteiger partial charge in [0.05, 0.1) is 16.6 Å².